The third-order valence-electron chi connectivity index (χ3n) is 1.62. The van der Waals surface area contributed by atoms with Crippen LogP contribution in [0.15, 0.2) is 0 Å². The fourth-order valence-corrected chi connectivity index (χ4v) is 2.24. The van der Waals surface area contributed by atoms with E-state index in [2.05, 4.69) is 0 Å². The molecule has 0 saturated heterocycles. The van der Waals surface area contributed by atoms with Gasteiger partial charge >= 0.3 is 22.6 Å². The molecule has 0 bridgehead atoms. The highest BCUT2D eigenvalue weighted by Gasteiger charge is 2.66. The molecule has 0 fully saturated rings. The van der Waals surface area contributed by atoms with E-state index in [0.717, 1.165) is 0 Å². The number of carbonyl (C=O) groups excluding carboxylic acids is 3. The summed E-state index contributed by atoms with van der Waals surface area (Å²) in [6, 6.07) is 0. The average Bonchev–Trinajstić information content (AvgIpc) is 2.13. The van der Waals surface area contributed by atoms with Crippen LogP contribution in [0.5, 0.6) is 0 Å². The first-order valence-electron chi connectivity index (χ1n) is 3.50. The second kappa shape index (κ2) is 3.62. The van der Waals surface area contributed by atoms with E-state index in [9.17, 15) is 44.9 Å². The minimum atomic E-state index is -6.86. The van der Waals surface area contributed by atoms with Gasteiger partial charge in [0, 0.05) is 6.26 Å². The third-order valence-corrected chi connectivity index (χ3v) is 4.39. The molecule has 0 amide bonds. The lowest BCUT2D eigenvalue weighted by molar-refractivity contribution is -0.166. The molecule has 11 heteroatoms. The molecule has 0 aliphatic heterocycles. The number of halogens is 6. The normalized spacial score (nSPS) is 15.8. The molecule has 0 N–H and O–H groups in total. The van der Waals surface area contributed by atoms with E-state index < -0.39 is 43.5 Å². The van der Waals surface area contributed by atoms with Crippen LogP contribution in [0.2, 0.25) is 0 Å². The monoisotopic (exact) mass is 286 g/mol. The molecule has 0 aromatic rings. The fourth-order valence-electron chi connectivity index (χ4n) is 0.747. The van der Waals surface area contributed by atoms with Gasteiger partial charge in [0.05, 0.1) is 9.07 Å². The Bertz CT molecular complexity index is 414. The summed E-state index contributed by atoms with van der Waals surface area (Å²) in [4.78, 5) is 31.4. The molecule has 0 unspecified atom stereocenters. The zero-order chi connectivity index (χ0) is 14.3. The molecule has 0 aromatic carbocycles. The summed E-state index contributed by atoms with van der Waals surface area (Å²) in [5.74, 6) is 0. The van der Waals surface area contributed by atoms with Crippen molar-refractivity contribution in [3.63, 3.8) is 0 Å². The highest BCUT2D eigenvalue weighted by molar-refractivity contribution is 8.51. The van der Waals surface area contributed by atoms with Crippen LogP contribution >= 0.6 is 0 Å². The van der Waals surface area contributed by atoms with Gasteiger partial charge in [-0.2, -0.15) is 26.3 Å². The molecule has 0 aromatic heterocycles. The van der Waals surface area contributed by atoms with Crippen molar-refractivity contribution in [2.45, 2.75) is 12.4 Å². The zero-order valence-electron chi connectivity index (χ0n) is 7.89. The molecule has 17 heavy (non-hydrogen) atoms. The Morgan fingerprint density at radius 2 is 1.18 bits per heavy atom. The molecule has 0 aliphatic carbocycles. The average molecular weight is 286 g/mol. The highest BCUT2D eigenvalue weighted by atomic mass is 32.3. The van der Waals surface area contributed by atoms with Gasteiger partial charge < -0.3 is 0 Å². The summed E-state index contributed by atoms with van der Waals surface area (Å²) in [5, 5.41) is -7.02. The van der Waals surface area contributed by atoms with Crippen LogP contribution in [0.25, 0.3) is 0 Å². The molecule has 0 saturated carbocycles. The first kappa shape index (κ1) is 15.7. The lowest BCUT2D eigenvalue weighted by Crippen LogP contribution is -2.58. The van der Waals surface area contributed by atoms with Gasteiger partial charge in [-0.15, -0.1) is 0 Å². The maximum Gasteiger partial charge on any atom is 0.462 e. The van der Waals surface area contributed by atoms with Crippen LogP contribution in [0.4, 0.5) is 26.3 Å². The molecule has 0 rings (SSSR count). The van der Waals surface area contributed by atoms with Gasteiger partial charge in [0.2, 0.25) is 0 Å². The van der Waals surface area contributed by atoms with Gasteiger partial charge in [-0.05, 0) is 0 Å². The Hall–Kier alpha value is -1.26. The van der Waals surface area contributed by atoms with Gasteiger partial charge in [-0.25, -0.2) is 0 Å². The number of alkyl halides is 6. The summed E-state index contributed by atoms with van der Waals surface area (Å²) in [6.45, 7) is 0. The largest absolute Gasteiger partial charge is 0.462 e. The topological polar surface area (TPSA) is 68.3 Å². The number of rotatable bonds is 1. The van der Waals surface area contributed by atoms with E-state index in [0.29, 0.717) is 0 Å². The van der Waals surface area contributed by atoms with Gasteiger partial charge in [-0.3, -0.25) is 18.6 Å². The van der Waals surface area contributed by atoms with Crippen LogP contribution in [-0.4, -0.2) is 38.7 Å². The van der Waals surface area contributed by atoms with Crippen molar-refractivity contribution >= 4 is 24.9 Å². The van der Waals surface area contributed by atoms with Crippen molar-refractivity contribution in [2.24, 2.45) is 0 Å². The highest BCUT2D eigenvalue weighted by Crippen LogP contribution is 2.37. The lowest BCUT2D eigenvalue weighted by atomic mass is 10.7. The maximum atomic E-state index is 11.9. The summed E-state index contributed by atoms with van der Waals surface area (Å²) >= 11 is 0. The second-order valence-corrected chi connectivity index (χ2v) is 6.83. The Kier molecular flexibility index (Phi) is 3.35. The Balaban J connectivity index is 6.07. The molecule has 0 heterocycles. The first-order chi connectivity index (χ1) is 7.17. The molecular formula is C6H4F6O4S. The van der Waals surface area contributed by atoms with E-state index in [1.807, 2.05) is 0 Å². The maximum absolute atomic E-state index is 11.9. The summed E-state index contributed by atoms with van der Waals surface area (Å²) in [5.41, 5.74) is -1.39. The van der Waals surface area contributed by atoms with Crippen LogP contribution in [-0.2, 0) is 23.4 Å². The number of hydrogen-bond acceptors (Lipinski definition) is 4. The molecule has 4 nitrogen and oxygen atoms in total. The van der Waals surface area contributed by atoms with Crippen molar-refractivity contribution in [1.82, 2.24) is 0 Å². The van der Waals surface area contributed by atoms with Crippen molar-refractivity contribution in [2.75, 3.05) is 6.26 Å². The standard InChI is InChI=1S/C6H4F6O4S/c1-17(16,2-13,3(14)5(7,8)9)4(15)6(10,11)12/h2H,1H3. The Morgan fingerprint density at radius 1 is 0.941 bits per heavy atom. The second-order valence-electron chi connectivity index (χ2n) is 3.08. The van der Waals surface area contributed by atoms with Gasteiger partial charge in [0.25, 0.3) is 0 Å². The number of carbonyl (C=O) groups is 3. The SMILES string of the molecule is CS(=O)(C=O)(C(=O)C(F)(F)F)C(=O)C(F)(F)F. The van der Waals surface area contributed by atoms with Gasteiger partial charge in [0.1, 0.15) is 0 Å². The van der Waals surface area contributed by atoms with Crippen LogP contribution < -0.4 is 0 Å². The number of hydrogen-bond donors (Lipinski definition) is 0. The summed E-state index contributed by atoms with van der Waals surface area (Å²) in [7, 11) is -6.86. The van der Waals surface area contributed by atoms with Crippen molar-refractivity contribution < 1.29 is 44.9 Å². The van der Waals surface area contributed by atoms with E-state index in [4.69, 9.17) is 0 Å². The predicted octanol–water partition coefficient (Wildman–Crippen LogP) is 0.804. The predicted molar refractivity (Wildman–Crippen MR) is 42.9 cm³/mol. The Labute approximate surface area is 89.4 Å². The van der Waals surface area contributed by atoms with E-state index in [-0.39, 0.29) is 0 Å². The van der Waals surface area contributed by atoms with Crippen LogP contribution in [0.3, 0.4) is 0 Å². The van der Waals surface area contributed by atoms with E-state index >= 15 is 0 Å². The van der Waals surface area contributed by atoms with Gasteiger partial charge in [0.15, 0.2) is 5.62 Å². The molecule has 0 spiro atoms. The summed E-state index contributed by atoms with van der Waals surface area (Å²) in [6.07, 6.45) is -12.4. The fraction of sp³-hybridized carbons (Fsp3) is 0.500. The minimum absolute atomic E-state index is 0.449. The zero-order valence-corrected chi connectivity index (χ0v) is 8.70. The summed E-state index contributed by atoms with van der Waals surface area (Å²) < 4.78 is 82.9. The quantitative estimate of drug-likeness (QED) is 0.528. The van der Waals surface area contributed by atoms with Crippen molar-refractivity contribution in [1.29, 1.82) is 0 Å². The minimum Gasteiger partial charge on any atom is -0.289 e. The van der Waals surface area contributed by atoms with Crippen molar-refractivity contribution in [3.05, 3.63) is 0 Å². The Morgan fingerprint density at radius 3 is 1.29 bits per heavy atom. The van der Waals surface area contributed by atoms with Gasteiger partial charge in [-0.1, -0.05) is 0 Å². The molecule has 0 radical (unpaired) electrons. The third kappa shape index (κ3) is 2.53. The smallest absolute Gasteiger partial charge is 0.289 e. The molecule has 0 atom stereocenters. The lowest BCUT2D eigenvalue weighted by Gasteiger charge is -2.29. The molecule has 0 aliphatic rings. The first-order valence-corrected chi connectivity index (χ1v) is 5.93. The molecular weight excluding hydrogens is 282 g/mol. The van der Waals surface area contributed by atoms with E-state index in [1.54, 1.807) is 0 Å². The van der Waals surface area contributed by atoms with Crippen LogP contribution in [0, 0.1) is 0 Å². The molecule has 100 valence electrons. The van der Waals surface area contributed by atoms with Crippen LogP contribution in [0.1, 0.15) is 0 Å². The van der Waals surface area contributed by atoms with Crippen molar-refractivity contribution in [3.8, 4) is 0 Å². The van der Waals surface area contributed by atoms with E-state index in [1.165, 1.54) is 0 Å².